The van der Waals surface area contributed by atoms with Crippen LogP contribution in [0.15, 0.2) is 61.2 Å². The Morgan fingerprint density at radius 3 is 2.53 bits per heavy atom. The fourth-order valence-corrected chi connectivity index (χ4v) is 3.65. The number of carbonyl (C=O) groups is 2. The van der Waals surface area contributed by atoms with Crippen molar-refractivity contribution in [2.45, 2.75) is 26.4 Å². The molecule has 1 aliphatic rings. The Morgan fingerprint density at radius 2 is 1.83 bits per heavy atom. The molecule has 3 heterocycles. The highest BCUT2D eigenvalue weighted by atomic mass is 16.2. The summed E-state index contributed by atoms with van der Waals surface area (Å²) in [6.07, 6.45) is 6.37. The number of aryl methyl sites for hydroxylation is 1. The summed E-state index contributed by atoms with van der Waals surface area (Å²) in [6, 6.07) is 11.2. The lowest BCUT2D eigenvalue weighted by Crippen LogP contribution is -2.57. The molecule has 30 heavy (non-hydrogen) atoms. The largest absolute Gasteiger partial charge is 0.335 e. The molecule has 0 unspecified atom stereocenters. The first-order chi connectivity index (χ1) is 14.5. The summed E-state index contributed by atoms with van der Waals surface area (Å²) in [6.45, 7) is 5.33. The standard InChI is InChI=1S/C23H23N5O2/c1-16-4-3-5-18(12-16)15-27-10-11-28(17(2)22(27)29)23(30)20-13-25-21(26-14-20)19-6-8-24-9-7-19/h3-9,12-14,17H,10-11,15H2,1-2H3/t17-/m1/s1. The lowest BCUT2D eigenvalue weighted by atomic mass is 10.1. The average molecular weight is 401 g/mol. The SMILES string of the molecule is Cc1cccc(CN2CCN(C(=O)c3cnc(-c4ccncc4)nc3)[C@H](C)C2=O)c1. The van der Waals surface area contributed by atoms with E-state index < -0.39 is 6.04 Å². The van der Waals surface area contributed by atoms with Gasteiger partial charge < -0.3 is 9.80 Å². The Kier molecular flexibility index (Phi) is 5.52. The highest BCUT2D eigenvalue weighted by Crippen LogP contribution is 2.19. The van der Waals surface area contributed by atoms with Crippen LogP contribution in [0.4, 0.5) is 0 Å². The zero-order valence-electron chi connectivity index (χ0n) is 17.0. The molecule has 152 valence electrons. The fraction of sp³-hybridized carbons (Fsp3) is 0.261. The van der Waals surface area contributed by atoms with Crippen molar-refractivity contribution < 1.29 is 9.59 Å². The molecule has 1 atom stereocenters. The summed E-state index contributed by atoms with van der Waals surface area (Å²) in [5.41, 5.74) is 3.46. The van der Waals surface area contributed by atoms with E-state index in [-0.39, 0.29) is 11.8 Å². The molecule has 7 nitrogen and oxygen atoms in total. The van der Waals surface area contributed by atoms with E-state index in [4.69, 9.17) is 0 Å². The van der Waals surface area contributed by atoms with Crippen molar-refractivity contribution in [2.24, 2.45) is 0 Å². The van der Waals surface area contributed by atoms with Gasteiger partial charge in [0, 0.05) is 50.0 Å². The van der Waals surface area contributed by atoms with Crippen molar-refractivity contribution in [3.63, 3.8) is 0 Å². The Hall–Kier alpha value is -3.61. The zero-order valence-corrected chi connectivity index (χ0v) is 17.0. The number of benzene rings is 1. The molecule has 7 heteroatoms. The van der Waals surface area contributed by atoms with Crippen molar-refractivity contribution in [2.75, 3.05) is 13.1 Å². The number of nitrogens with zero attached hydrogens (tertiary/aromatic N) is 5. The number of hydrogen-bond donors (Lipinski definition) is 0. The number of rotatable bonds is 4. The van der Waals surface area contributed by atoms with Gasteiger partial charge in [-0.3, -0.25) is 14.6 Å². The quantitative estimate of drug-likeness (QED) is 0.672. The summed E-state index contributed by atoms with van der Waals surface area (Å²) in [7, 11) is 0. The number of piperazine rings is 1. The summed E-state index contributed by atoms with van der Waals surface area (Å²) in [5, 5.41) is 0. The van der Waals surface area contributed by atoms with Crippen LogP contribution in [0.2, 0.25) is 0 Å². The molecular weight excluding hydrogens is 378 g/mol. The smallest absolute Gasteiger partial charge is 0.257 e. The van der Waals surface area contributed by atoms with E-state index in [0.717, 1.165) is 16.7 Å². The van der Waals surface area contributed by atoms with Gasteiger partial charge in [0.1, 0.15) is 6.04 Å². The maximum atomic E-state index is 13.0. The second-order valence-corrected chi connectivity index (χ2v) is 7.45. The first-order valence-corrected chi connectivity index (χ1v) is 9.90. The molecule has 3 aromatic rings. The Balaban J connectivity index is 1.45. The molecule has 0 bridgehead atoms. The van der Waals surface area contributed by atoms with Crippen molar-refractivity contribution in [1.82, 2.24) is 24.8 Å². The van der Waals surface area contributed by atoms with Crippen molar-refractivity contribution in [3.05, 3.63) is 77.9 Å². The average Bonchev–Trinajstić information content (AvgIpc) is 2.77. The Bertz CT molecular complexity index is 1050. The van der Waals surface area contributed by atoms with E-state index in [9.17, 15) is 9.59 Å². The first-order valence-electron chi connectivity index (χ1n) is 9.90. The third kappa shape index (κ3) is 4.05. The van der Waals surface area contributed by atoms with Crippen LogP contribution in [0.1, 0.15) is 28.4 Å². The highest BCUT2D eigenvalue weighted by molar-refractivity contribution is 5.97. The van der Waals surface area contributed by atoms with Crippen LogP contribution >= 0.6 is 0 Å². The molecule has 1 aliphatic heterocycles. The Morgan fingerprint density at radius 1 is 1.10 bits per heavy atom. The predicted molar refractivity (Wildman–Crippen MR) is 112 cm³/mol. The van der Waals surface area contributed by atoms with Gasteiger partial charge in [-0.05, 0) is 31.5 Å². The minimum absolute atomic E-state index is 0.0505. The van der Waals surface area contributed by atoms with Gasteiger partial charge in [0.15, 0.2) is 5.82 Å². The normalized spacial score (nSPS) is 16.6. The minimum atomic E-state index is -0.532. The maximum Gasteiger partial charge on any atom is 0.257 e. The van der Waals surface area contributed by atoms with E-state index in [2.05, 4.69) is 21.0 Å². The van der Waals surface area contributed by atoms with Crippen LogP contribution < -0.4 is 0 Å². The molecule has 0 N–H and O–H groups in total. The molecule has 1 aromatic carbocycles. The van der Waals surface area contributed by atoms with E-state index in [1.807, 2.05) is 42.2 Å². The van der Waals surface area contributed by atoms with Gasteiger partial charge in [-0.15, -0.1) is 0 Å². The van der Waals surface area contributed by atoms with Crippen molar-refractivity contribution in [3.8, 4) is 11.4 Å². The van der Waals surface area contributed by atoms with Crippen LogP contribution in [0.5, 0.6) is 0 Å². The van der Waals surface area contributed by atoms with E-state index in [1.165, 1.54) is 12.4 Å². The fourth-order valence-electron chi connectivity index (χ4n) is 3.65. The van der Waals surface area contributed by atoms with E-state index in [1.54, 1.807) is 24.2 Å². The molecule has 4 rings (SSSR count). The zero-order chi connectivity index (χ0) is 21.1. The second-order valence-electron chi connectivity index (χ2n) is 7.45. The van der Waals surface area contributed by atoms with Gasteiger partial charge in [0.25, 0.3) is 5.91 Å². The number of carbonyl (C=O) groups excluding carboxylic acids is 2. The number of aromatic nitrogens is 3. The topological polar surface area (TPSA) is 79.3 Å². The van der Waals surface area contributed by atoms with Crippen LogP contribution in [-0.4, -0.2) is 55.7 Å². The molecule has 0 radical (unpaired) electrons. The molecule has 1 saturated heterocycles. The van der Waals surface area contributed by atoms with Crippen molar-refractivity contribution >= 4 is 11.8 Å². The first kappa shape index (κ1) is 19.7. The number of pyridine rings is 1. The van der Waals surface area contributed by atoms with E-state index >= 15 is 0 Å². The second kappa shape index (κ2) is 8.41. The number of hydrogen-bond acceptors (Lipinski definition) is 5. The third-order valence-corrected chi connectivity index (χ3v) is 5.30. The third-order valence-electron chi connectivity index (χ3n) is 5.30. The predicted octanol–water partition coefficient (Wildman–Crippen LogP) is 2.72. The summed E-state index contributed by atoms with van der Waals surface area (Å²) >= 11 is 0. The molecule has 0 saturated carbocycles. The van der Waals surface area contributed by atoms with Gasteiger partial charge in [0.2, 0.25) is 5.91 Å². The lowest BCUT2D eigenvalue weighted by molar-refractivity contribution is -0.140. The van der Waals surface area contributed by atoms with Gasteiger partial charge in [-0.1, -0.05) is 29.8 Å². The molecule has 0 spiro atoms. The minimum Gasteiger partial charge on any atom is -0.335 e. The van der Waals surface area contributed by atoms with Crippen LogP contribution in [0.3, 0.4) is 0 Å². The van der Waals surface area contributed by atoms with E-state index in [0.29, 0.717) is 31.0 Å². The van der Waals surface area contributed by atoms with Crippen molar-refractivity contribution in [1.29, 1.82) is 0 Å². The Labute approximate surface area is 175 Å². The number of amides is 2. The summed E-state index contributed by atoms with van der Waals surface area (Å²) in [5.74, 6) is 0.249. The lowest BCUT2D eigenvalue weighted by Gasteiger charge is -2.39. The molecule has 2 aromatic heterocycles. The van der Waals surface area contributed by atoms with Crippen LogP contribution in [-0.2, 0) is 11.3 Å². The van der Waals surface area contributed by atoms with Crippen LogP contribution in [0, 0.1) is 6.92 Å². The van der Waals surface area contributed by atoms with Crippen LogP contribution in [0.25, 0.3) is 11.4 Å². The molecule has 2 amide bonds. The summed E-state index contributed by atoms with van der Waals surface area (Å²) < 4.78 is 0. The molecule has 1 fully saturated rings. The maximum absolute atomic E-state index is 13.0. The van der Waals surface area contributed by atoms with Gasteiger partial charge in [0.05, 0.1) is 5.56 Å². The van der Waals surface area contributed by atoms with Gasteiger partial charge in [-0.2, -0.15) is 0 Å². The molecule has 0 aliphatic carbocycles. The van der Waals surface area contributed by atoms with Gasteiger partial charge >= 0.3 is 0 Å². The highest BCUT2D eigenvalue weighted by Gasteiger charge is 2.34. The molecular formula is C23H23N5O2. The van der Waals surface area contributed by atoms with Gasteiger partial charge in [-0.25, -0.2) is 9.97 Å². The monoisotopic (exact) mass is 401 g/mol. The summed E-state index contributed by atoms with van der Waals surface area (Å²) in [4.78, 5) is 41.9.